The quantitative estimate of drug-likeness (QED) is 0.286. The topological polar surface area (TPSA) is 125 Å². The maximum atomic E-state index is 12.8. The number of anilines is 1. The minimum Gasteiger partial charge on any atom is -0.449 e. The number of para-hydroxylation sites is 2. The first-order valence-electron chi connectivity index (χ1n) is 10.4. The fraction of sp³-hybridized carbons (Fsp3) is 0.120. The summed E-state index contributed by atoms with van der Waals surface area (Å²) in [6.45, 7) is 1.49. The van der Waals surface area contributed by atoms with Crippen LogP contribution >= 0.6 is 11.8 Å². The van der Waals surface area contributed by atoms with Crippen LogP contribution in [0, 0.1) is 0 Å². The van der Waals surface area contributed by atoms with Crippen molar-refractivity contribution in [3.8, 4) is 0 Å². The van der Waals surface area contributed by atoms with Gasteiger partial charge in [-0.25, -0.2) is 9.78 Å². The molecule has 9 heteroatoms. The molecule has 0 bridgehead atoms. The largest absolute Gasteiger partial charge is 0.449 e. The lowest BCUT2D eigenvalue weighted by Crippen LogP contribution is -2.30. The number of hydrogen-bond donors (Lipinski definition) is 2. The first kappa shape index (κ1) is 23.1. The number of thioether (sulfide) groups is 1. The molecule has 3 N–H and O–H groups in total. The number of benzene rings is 3. The Hall–Kier alpha value is -4.11. The van der Waals surface area contributed by atoms with E-state index in [9.17, 15) is 14.4 Å². The Bertz CT molecular complexity index is 1320. The van der Waals surface area contributed by atoms with Crippen molar-refractivity contribution in [3.63, 3.8) is 0 Å². The van der Waals surface area contributed by atoms with Crippen LogP contribution in [0.1, 0.15) is 33.2 Å². The number of fused-ring (bicyclic) bond motifs is 1. The Kier molecular flexibility index (Phi) is 6.93. The highest BCUT2D eigenvalue weighted by molar-refractivity contribution is 7.98. The van der Waals surface area contributed by atoms with Gasteiger partial charge in [-0.1, -0.05) is 42.1 Å². The van der Waals surface area contributed by atoms with E-state index in [1.54, 1.807) is 24.3 Å². The number of aromatic nitrogens is 1. The first-order chi connectivity index (χ1) is 16.4. The van der Waals surface area contributed by atoms with E-state index < -0.39 is 23.9 Å². The van der Waals surface area contributed by atoms with Gasteiger partial charge in [0.1, 0.15) is 5.52 Å². The van der Waals surface area contributed by atoms with E-state index in [-0.39, 0.29) is 0 Å². The second kappa shape index (κ2) is 10.2. The number of carbonyl (C=O) groups is 3. The minimum absolute atomic E-state index is 0.324. The van der Waals surface area contributed by atoms with Crippen molar-refractivity contribution < 1.29 is 23.5 Å². The van der Waals surface area contributed by atoms with Gasteiger partial charge >= 0.3 is 5.97 Å². The van der Waals surface area contributed by atoms with Crippen LogP contribution in [-0.4, -0.2) is 28.9 Å². The number of nitrogens with zero attached hydrogens (tertiary/aromatic N) is 1. The lowest BCUT2D eigenvalue weighted by Gasteiger charge is -2.15. The molecule has 1 heterocycles. The van der Waals surface area contributed by atoms with Gasteiger partial charge in [0.05, 0.1) is 5.56 Å². The number of nitrogens with one attached hydrogen (secondary N) is 1. The second-order valence-corrected chi connectivity index (χ2v) is 8.30. The van der Waals surface area contributed by atoms with Gasteiger partial charge in [-0.05, 0) is 55.0 Å². The van der Waals surface area contributed by atoms with E-state index in [0.717, 1.165) is 11.1 Å². The summed E-state index contributed by atoms with van der Waals surface area (Å²) >= 11 is 1.36. The first-order valence-corrected chi connectivity index (χ1v) is 11.4. The van der Waals surface area contributed by atoms with Gasteiger partial charge in [-0.15, -0.1) is 0 Å². The van der Waals surface area contributed by atoms with Gasteiger partial charge in [0, 0.05) is 17.0 Å². The summed E-state index contributed by atoms with van der Waals surface area (Å²) in [5.74, 6) is -1.24. The highest BCUT2D eigenvalue weighted by atomic mass is 32.2. The highest BCUT2D eigenvalue weighted by Crippen LogP contribution is 2.27. The maximum absolute atomic E-state index is 12.8. The zero-order valence-electron chi connectivity index (χ0n) is 18.2. The number of amides is 2. The van der Waals surface area contributed by atoms with Gasteiger partial charge in [-0.2, -0.15) is 0 Å². The van der Waals surface area contributed by atoms with Crippen molar-refractivity contribution in [2.45, 2.75) is 24.0 Å². The third-order valence-electron chi connectivity index (χ3n) is 4.95. The van der Waals surface area contributed by atoms with Crippen LogP contribution in [0.2, 0.25) is 0 Å². The molecule has 1 aromatic heterocycles. The van der Waals surface area contributed by atoms with Gasteiger partial charge in [0.2, 0.25) is 5.91 Å². The molecular formula is C25H21N3O5S. The lowest BCUT2D eigenvalue weighted by atomic mass is 10.1. The maximum Gasteiger partial charge on any atom is 0.339 e. The van der Waals surface area contributed by atoms with E-state index in [2.05, 4.69) is 10.3 Å². The molecule has 3 aromatic carbocycles. The standard InChI is InChI=1S/C25H21N3O5S/c1-15(23(30)27-18-12-10-16(11-13-18)22(26)29)32-24(31)19-7-3-2-6-17(19)14-34-25-28-20-8-4-5-9-21(20)33-25/h2-13,15H,14H2,1H3,(H2,26,29)(H,27,30). The van der Waals surface area contributed by atoms with Gasteiger partial charge in [0.25, 0.3) is 11.1 Å². The molecule has 1 unspecified atom stereocenters. The van der Waals surface area contributed by atoms with Crippen molar-refractivity contribution in [1.82, 2.24) is 4.98 Å². The van der Waals surface area contributed by atoms with Crippen molar-refractivity contribution in [1.29, 1.82) is 0 Å². The van der Waals surface area contributed by atoms with Crippen LogP contribution < -0.4 is 11.1 Å². The zero-order valence-corrected chi connectivity index (χ0v) is 19.0. The number of nitrogens with two attached hydrogens (primary N) is 1. The molecule has 0 saturated heterocycles. The molecule has 2 amide bonds. The number of ether oxygens (including phenoxy) is 1. The van der Waals surface area contributed by atoms with E-state index in [4.69, 9.17) is 14.9 Å². The third kappa shape index (κ3) is 5.44. The molecule has 0 aliphatic heterocycles. The SMILES string of the molecule is CC(OC(=O)c1ccccc1CSc1nc2ccccc2o1)C(=O)Nc1ccc(C(N)=O)cc1. The molecule has 8 nitrogen and oxygen atoms in total. The summed E-state index contributed by atoms with van der Waals surface area (Å²) in [6.07, 6.45) is -1.04. The fourth-order valence-electron chi connectivity index (χ4n) is 3.14. The Morgan fingerprint density at radius 1 is 1.03 bits per heavy atom. The second-order valence-electron chi connectivity index (χ2n) is 7.37. The number of primary amides is 1. The Labute approximate surface area is 199 Å². The summed E-state index contributed by atoms with van der Waals surface area (Å²) in [4.78, 5) is 40.9. The molecule has 0 aliphatic carbocycles. The minimum atomic E-state index is -1.04. The van der Waals surface area contributed by atoms with Crippen LogP contribution in [0.4, 0.5) is 5.69 Å². The molecule has 0 radical (unpaired) electrons. The van der Waals surface area contributed by atoms with E-state index in [1.165, 1.54) is 30.8 Å². The number of hydrogen-bond acceptors (Lipinski definition) is 7. The molecule has 4 rings (SSSR count). The van der Waals surface area contributed by atoms with E-state index in [0.29, 0.717) is 33.4 Å². The summed E-state index contributed by atoms with van der Waals surface area (Å²) in [7, 11) is 0. The molecule has 0 spiro atoms. The van der Waals surface area contributed by atoms with Gasteiger partial charge < -0.3 is 20.2 Å². The smallest absolute Gasteiger partial charge is 0.339 e. The molecule has 4 aromatic rings. The van der Waals surface area contributed by atoms with Crippen molar-refractivity contribution in [3.05, 3.63) is 89.5 Å². The lowest BCUT2D eigenvalue weighted by molar-refractivity contribution is -0.123. The van der Waals surface area contributed by atoms with Crippen LogP contribution in [0.25, 0.3) is 11.1 Å². The molecule has 0 saturated carbocycles. The van der Waals surface area contributed by atoms with E-state index in [1.807, 2.05) is 36.4 Å². The zero-order chi connectivity index (χ0) is 24.1. The van der Waals surface area contributed by atoms with Crippen molar-refractivity contribution in [2.24, 2.45) is 5.73 Å². The summed E-state index contributed by atoms with van der Waals surface area (Å²) < 4.78 is 11.1. The third-order valence-corrected chi connectivity index (χ3v) is 5.83. The monoisotopic (exact) mass is 475 g/mol. The number of carbonyl (C=O) groups excluding carboxylic acids is 3. The molecular weight excluding hydrogens is 454 g/mol. The Balaban J connectivity index is 1.38. The summed E-state index contributed by atoms with van der Waals surface area (Å²) in [5.41, 5.74) is 8.54. The van der Waals surface area contributed by atoms with Gasteiger partial charge in [0.15, 0.2) is 11.7 Å². The van der Waals surface area contributed by atoms with Crippen LogP contribution in [0.3, 0.4) is 0 Å². The molecule has 172 valence electrons. The van der Waals surface area contributed by atoms with Crippen molar-refractivity contribution in [2.75, 3.05) is 5.32 Å². The number of oxazole rings is 1. The Morgan fingerprint density at radius 3 is 2.47 bits per heavy atom. The van der Waals surface area contributed by atoms with Crippen LogP contribution in [-0.2, 0) is 15.3 Å². The molecule has 0 aliphatic rings. The van der Waals surface area contributed by atoms with Crippen LogP contribution in [0.5, 0.6) is 0 Å². The predicted octanol–water partition coefficient (Wildman–Crippen LogP) is 4.40. The summed E-state index contributed by atoms with van der Waals surface area (Å²) in [6, 6.07) is 20.6. The molecule has 0 fully saturated rings. The van der Waals surface area contributed by atoms with E-state index >= 15 is 0 Å². The summed E-state index contributed by atoms with van der Waals surface area (Å²) in [5, 5.41) is 3.15. The Morgan fingerprint density at radius 2 is 1.74 bits per heavy atom. The average Bonchev–Trinajstić information content (AvgIpc) is 3.26. The van der Waals surface area contributed by atoms with Crippen molar-refractivity contribution >= 4 is 46.3 Å². The molecule has 34 heavy (non-hydrogen) atoms. The predicted molar refractivity (Wildman–Crippen MR) is 128 cm³/mol. The number of rotatable bonds is 8. The fourth-order valence-corrected chi connectivity index (χ4v) is 3.98. The van der Waals surface area contributed by atoms with Crippen LogP contribution in [0.15, 0.2) is 82.4 Å². The highest BCUT2D eigenvalue weighted by Gasteiger charge is 2.21. The molecule has 1 atom stereocenters. The number of esters is 1. The van der Waals surface area contributed by atoms with Gasteiger partial charge in [-0.3, -0.25) is 9.59 Å². The normalized spacial score (nSPS) is 11.7. The average molecular weight is 476 g/mol.